The number of carbonyl (C=O) groups excluding carboxylic acids is 2. The first-order chi connectivity index (χ1) is 13.0. The molecule has 1 saturated heterocycles. The molecule has 2 heterocycles. The van der Waals surface area contributed by atoms with E-state index in [4.69, 9.17) is 0 Å². The highest BCUT2D eigenvalue weighted by Crippen LogP contribution is 2.28. The van der Waals surface area contributed by atoms with Crippen molar-refractivity contribution in [2.75, 3.05) is 31.1 Å². The number of carbonyl (C=O) groups is 2. The number of β-amino-alcohol motifs (C(OH)–C–C–N with tert-alkyl or cyclic N) is 1. The molecule has 1 aromatic rings. The summed E-state index contributed by atoms with van der Waals surface area (Å²) >= 11 is 0. The van der Waals surface area contributed by atoms with Gasteiger partial charge in [-0.2, -0.15) is 0 Å². The van der Waals surface area contributed by atoms with Gasteiger partial charge in [0.05, 0.1) is 12.6 Å². The number of fused-ring (bicyclic) bond motifs is 1. The van der Waals surface area contributed by atoms with Gasteiger partial charge in [-0.25, -0.2) is 0 Å². The van der Waals surface area contributed by atoms with E-state index in [-0.39, 0.29) is 24.4 Å². The van der Waals surface area contributed by atoms with Gasteiger partial charge in [0.1, 0.15) is 0 Å². The lowest BCUT2D eigenvalue weighted by molar-refractivity contribution is -0.122. The Hall–Kier alpha value is -1.92. The maximum atomic E-state index is 13.0. The maximum Gasteiger partial charge on any atom is 0.241 e. The third kappa shape index (κ3) is 5.08. The second-order valence-corrected chi connectivity index (χ2v) is 7.88. The van der Waals surface area contributed by atoms with Crippen LogP contribution in [0, 0.1) is 6.92 Å². The standard InChI is InChI=1S/C21H31N3O3/c1-3-5-20(26)22-17-11-18(25)13-23(12-17)14-21(27)24-9-4-6-16-10-15(2)7-8-19(16)24/h7-8,10,17-18,25H,3-6,9,11-14H2,1-2H3,(H,22,26)/t17-,18+/m0/s1. The second kappa shape index (κ2) is 8.85. The Bertz CT molecular complexity index is 691. The number of benzene rings is 1. The van der Waals surface area contributed by atoms with Crippen molar-refractivity contribution >= 4 is 17.5 Å². The fourth-order valence-electron chi connectivity index (χ4n) is 4.18. The summed E-state index contributed by atoms with van der Waals surface area (Å²) in [6.07, 6.45) is 3.31. The van der Waals surface area contributed by atoms with Crippen LogP contribution in [0.15, 0.2) is 18.2 Å². The Balaban J connectivity index is 1.63. The van der Waals surface area contributed by atoms with E-state index in [1.807, 2.05) is 28.9 Å². The summed E-state index contributed by atoms with van der Waals surface area (Å²) in [6.45, 7) is 6.13. The van der Waals surface area contributed by atoms with Crippen molar-refractivity contribution in [2.45, 2.75) is 58.1 Å². The molecule has 0 spiro atoms. The summed E-state index contributed by atoms with van der Waals surface area (Å²) in [6, 6.07) is 6.16. The van der Waals surface area contributed by atoms with Gasteiger partial charge in [0.2, 0.25) is 11.8 Å². The van der Waals surface area contributed by atoms with Crippen LogP contribution in [0.3, 0.4) is 0 Å². The van der Waals surface area contributed by atoms with Gasteiger partial charge in [0.15, 0.2) is 0 Å². The van der Waals surface area contributed by atoms with Crippen molar-refractivity contribution in [2.24, 2.45) is 0 Å². The molecule has 2 aliphatic heterocycles. The van der Waals surface area contributed by atoms with E-state index in [2.05, 4.69) is 18.3 Å². The Morgan fingerprint density at radius 1 is 1.30 bits per heavy atom. The summed E-state index contributed by atoms with van der Waals surface area (Å²) in [5.41, 5.74) is 3.47. The fourth-order valence-corrected chi connectivity index (χ4v) is 4.18. The van der Waals surface area contributed by atoms with Gasteiger partial charge in [-0.1, -0.05) is 24.6 Å². The molecule has 2 atom stereocenters. The zero-order valence-corrected chi connectivity index (χ0v) is 16.4. The minimum atomic E-state index is -0.519. The van der Waals surface area contributed by atoms with Crippen molar-refractivity contribution in [3.63, 3.8) is 0 Å². The SMILES string of the molecule is CCCC(=O)N[C@H]1C[C@@H](O)CN(CC(=O)N2CCCc3cc(C)ccc32)C1. The average molecular weight is 373 g/mol. The van der Waals surface area contributed by atoms with E-state index in [0.29, 0.717) is 25.9 Å². The third-order valence-electron chi connectivity index (χ3n) is 5.36. The van der Waals surface area contributed by atoms with Crippen LogP contribution in [0.4, 0.5) is 5.69 Å². The van der Waals surface area contributed by atoms with Gasteiger partial charge in [0.25, 0.3) is 0 Å². The number of amides is 2. The molecular weight excluding hydrogens is 342 g/mol. The molecule has 2 aliphatic rings. The van der Waals surface area contributed by atoms with E-state index < -0.39 is 6.10 Å². The molecule has 27 heavy (non-hydrogen) atoms. The Morgan fingerprint density at radius 2 is 2.11 bits per heavy atom. The first-order valence-electron chi connectivity index (χ1n) is 10.1. The number of anilines is 1. The number of aliphatic hydroxyl groups is 1. The predicted octanol–water partition coefficient (Wildman–Crippen LogP) is 1.63. The van der Waals surface area contributed by atoms with Crippen LogP contribution >= 0.6 is 0 Å². The molecular formula is C21H31N3O3. The highest BCUT2D eigenvalue weighted by atomic mass is 16.3. The molecule has 3 rings (SSSR count). The van der Waals surface area contributed by atoms with Crippen molar-refractivity contribution < 1.29 is 14.7 Å². The molecule has 1 aromatic carbocycles. The van der Waals surface area contributed by atoms with E-state index >= 15 is 0 Å². The van der Waals surface area contributed by atoms with Crippen LogP contribution in [0.5, 0.6) is 0 Å². The van der Waals surface area contributed by atoms with E-state index in [1.54, 1.807) is 0 Å². The van der Waals surface area contributed by atoms with Gasteiger partial charge in [-0.05, 0) is 44.2 Å². The number of nitrogens with one attached hydrogen (secondary N) is 1. The molecule has 2 N–H and O–H groups in total. The molecule has 0 unspecified atom stereocenters. The van der Waals surface area contributed by atoms with E-state index in [9.17, 15) is 14.7 Å². The molecule has 0 aromatic heterocycles. The van der Waals surface area contributed by atoms with Gasteiger partial charge >= 0.3 is 0 Å². The molecule has 0 radical (unpaired) electrons. The Morgan fingerprint density at radius 3 is 2.89 bits per heavy atom. The monoisotopic (exact) mass is 373 g/mol. The zero-order chi connectivity index (χ0) is 19.4. The molecule has 0 bridgehead atoms. The summed E-state index contributed by atoms with van der Waals surface area (Å²) < 4.78 is 0. The number of nitrogens with zero attached hydrogens (tertiary/aromatic N) is 2. The van der Waals surface area contributed by atoms with Crippen LogP contribution in [0.25, 0.3) is 0 Å². The zero-order valence-electron chi connectivity index (χ0n) is 16.4. The lowest BCUT2D eigenvalue weighted by atomic mass is 9.99. The van der Waals surface area contributed by atoms with Gasteiger partial charge < -0.3 is 15.3 Å². The van der Waals surface area contributed by atoms with Crippen molar-refractivity contribution in [3.8, 4) is 0 Å². The fraction of sp³-hybridized carbons (Fsp3) is 0.619. The molecule has 2 amide bonds. The lowest BCUT2D eigenvalue weighted by Gasteiger charge is -2.37. The number of rotatable bonds is 5. The minimum Gasteiger partial charge on any atom is -0.392 e. The lowest BCUT2D eigenvalue weighted by Crippen LogP contribution is -2.55. The van der Waals surface area contributed by atoms with Crippen LogP contribution < -0.4 is 10.2 Å². The summed E-state index contributed by atoms with van der Waals surface area (Å²) in [7, 11) is 0. The van der Waals surface area contributed by atoms with E-state index in [0.717, 1.165) is 31.5 Å². The van der Waals surface area contributed by atoms with Crippen molar-refractivity contribution in [1.29, 1.82) is 0 Å². The molecule has 6 nitrogen and oxygen atoms in total. The molecule has 148 valence electrons. The largest absolute Gasteiger partial charge is 0.392 e. The quantitative estimate of drug-likeness (QED) is 0.823. The highest BCUT2D eigenvalue weighted by molar-refractivity contribution is 5.96. The Kier molecular flexibility index (Phi) is 6.50. The van der Waals surface area contributed by atoms with Crippen LogP contribution in [-0.4, -0.2) is 60.1 Å². The highest BCUT2D eigenvalue weighted by Gasteiger charge is 2.30. The molecule has 6 heteroatoms. The summed E-state index contributed by atoms with van der Waals surface area (Å²) in [5, 5.41) is 13.2. The first kappa shape index (κ1) is 19.8. The van der Waals surface area contributed by atoms with Gasteiger partial charge in [0, 0.05) is 37.8 Å². The topological polar surface area (TPSA) is 72.9 Å². The predicted molar refractivity (Wildman–Crippen MR) is 106 cm³/mol. The number of hydrogen-bond acceptors (Lipinski definition) is 4. The summed E-state index contributed by atoms with van der Waals surface area (Å²) in [5.74, 6) is 0.0794. The average Bonchev–Trinajstić information content (AvgIpc) is 2.60. The number of hydrogen-bond donors (Lipinski definition) is 2. The van der Waals surface area contributed by atoms with E-state index in [1.165, 1.54) is 11.1 Å². The number of aryl methyl sites for hydroxylation is 2. The van der Waals surface area contributed by atoms with Crippen LogP contribution in [0.2, 0.25) is 0 Å². The van der Waals surface area contributed by atoms with Crippen molar-refractivity contribution in [1.82, 2.24) is 10.2 Å². The summed E-state index contributed by atoms with van der Waals surface area (Å²) in [4.78, 5) is 28.7. The molecule has 0 aliphatic carbocycles. The molecule has 1 fully saturated rings. The first-order valence-corrected chi connectivity index (χ1v) is 10.1. The van der Waals surface area contributed by atoms with Crippen LogP contribution in [0.1, 0.15) is 43.7 Å². The smallest absolute Gasteiger partial charge is 0.241 e. The number of aliphatic hydroxyl groups excluding tert-OH is 1. The van der Waals surface area contributed by atoms with Gasteiger partial charge in [-0.3, -0.25) is 14.5 Å². The maximum absolute atomic E-state index is 13.0. The third-order valence-corrected chi connectivity index (χ3v) is 5.36. The normalized spacial score (nSPS) is 23.0. The second-order valence-electron chi connectivity index (χ2n) is 7.88. The molecule has 0 saturated carbocycles. The van der Waals surface area contributed by atoms with Crippen LogP contribution in [-0.2, 0) is 16.0 Å². The number of likely N-dealkylation sites (tertiary alicyclic amines) is 1. The van der Waals surface area contributed by atoms with Gasteiger partial charge in [-0.15, -0.1) is 0 Å². The minimum absolute atomic E-state index is 0.0169. The Labute approximate surface area is 161 Å². The van der Waals surface area contributed by atoms with Crippen molar-refractivity contribution in [3.05, 3.63) is 29.3 Å². The number of piperidine rings is 1.